The van der Waals surface area contributed by atoms with Gasteiger partial charge in [-0.2, -0.15) is 0 Å². The molecule has 18 heavy (non-hydrogen) atoms. The highest BCUT2D eigenvalue weighted by Crippen LogP contribution is 2.31. The number of hydrogen-bond acceptors (Lipinski definition) is 2. The second kappa shape index (κ2) is 7.42. The minimum atomic E-state index is 0.327. The molecular formula is C16H27NO. The molecule has 1 aromatic carbocycles. The van der Waals surface area contributed by atoms with Gasteiger partial charge in [0.2, 0.25) is 0 Å². The molecule has 2 nitrogen and oxygen atoms in total. The maximum atomic E-state index is 5.99. The highest BCUT2D eigenvalue weighted by molar-refractivity contribution is 5.39. The smallest absolute Gasteiger partial charge is 0.122 e. The second-order valence-electron chi connectivity index (χ2n) is 5.12. The van der Waals surface area contributed by atoms with Gasteiger partial charge >= 0.3 is 0 Å². The summed E-state index contributed by atoms with van der Waals surface area (Å²) in [6.45, 7) is 9.29. The molecule has 0 aliphatic heterocycles. The predicted octanol–water partition coefficient (Wildman–Crippen LogP) is 4.01. The number of ether oxygens (including phenoxy) is 1. The molecule has 0 bridgehead atoms. The standard InChI is InChI=1S/C16H27NO/c1-5-14(17)9-8-13(4)15-11-12(3)7-10-16(15)18-6-2/h7,10-11,13-14H,5-6,8-9,17H2,1-4H3. The molecule has 0 saturated heterocycles. The Morgan fingerprint density at radius 3 is 2.56 bits per heavy atom. The maximum Gasteiger partial charge on any atom is 0.122 e. The molecule has 2 unspecified atom stereocenters. The van der Waals surface area contributed by atoms with Gasteiger partial charge in [0.15, 0.2) is 0 Å². The van der Waals surface area contributed by atoms with E-state index in [4.69, 9.17) is 10.5 Å². The van der Waals surface area contributed by atoms with E-state index < -0.39 is 0 Å². The van der Waals surface area contributed by atoms with Crippen LogP contribution in [-0.4, -0.2) is 12.6 Å². The monoisotopic (exact) mass is 249 g/mol. The Labute approximate surface area is 112 Å². The Hall–Kier alpha value is -1.02. The summed E-state index contributed by atoms with van der Waals surface area (Å²) in [4.78, 5) is 0. The summed E-state index contributed by atoms with van der Waals surface area (Å²) >= 11 is 0. The first kappa shape index (κ1) is 15.0. The Morgan fingerprint density at radius 1 is 1.22 bits per heavy atom. The zero-order valence-electron chi connectivity index (χ0n) is 12.2. The maximum absolute atomic E-state index is 5.99. The summed E-state index contributed by atoms with van der Waals surface area (Å²) in [7, 11) is 0. The van der Waals surface area contributed by atoms with Crippen molar-refractivity contribution in [1.82, 2.24) is 0 Å². The van der Waals surface area contributed by atoms with Crippen molar-refractivity contribution in [3.63, 3.8) is 0 Å². The van der Waals surface area contributed by atoms with Crippen LogP contribution in [-0.2, 0) is 0 Å². The summed E-state index contributed by atoms with van der Waals surface area (Å²) in [5.41, 5.74) is 8.61. The Kier molecular flexibility index (Phi) is 6.20. The lowest BCUT2D eigenvalue weighted by atomic mass is 9.92. The van der Waals surface area contributed by atoms with Crippen molar-refractivity contribution < 1.29 is 4.74 Å². The first-order valence-electron chi connectivity index (χ1n) is 7.07. The molecule has 1 aromatic rings. The molecule has 0 radical (unpaired) electrons. The first-order valence-corrected chi connectivity index (χ1v) is 7.07. The summed E-state index contributed by atoms with van der Waals surface area (Å²) < 4.78 is 5.72. The zero-order valence-corrected chi connectivity index (χ0v) is 12.2. The molecule has 1 rings (SSSR count). The Bertz CT molecular complexity index is 362. The molecular weight excluding hydrogens is 222 g/mol. The highest BCUT2D eigenvalue weighted by atomic mass is 16.5. The van der Waals surface area contributed by atoms with Gasteiger partial charge in [0, 0.05) is 6.04 Å². The van der Waals surface area contributed by atoms with Crippen molar-refractivity contribution in [3.8, 4) is 5.75 Å². The normalized spacial score (nSPS) is 14.3. The minimum Gasteiger partial charge on any atom is -0.494 e. The largest absolute Gasteiger partial charge is 0.494 e. The van der Waals surface area contributed by atoms with Gasteiger partial charge in [-0.15, -0.1) is 0 Å². The average molecular weight is 249 g/mol. The van der Waals surface area contributed by atoms with Crippen LogP contribution >= 0.6 is 0 Å². The van der Waals surface area contributed by atoms with Gasteiger partial charge in [-0.25, -0.2) is 0 Å². The van der Waals surface area contributed by atoms with E-state index in [0.29, 0.717) is 12.0 Å². The molecule has 0 amide bonds. The lowest BCUT2D eigenvalue weighted by Crippen LogP contribution is -2.19. The van der Waals surface area contributed by atoms with Crippen molar-refractivity contribution >= 4 is 0 Å². The van der Waals surface area contributed by atoms with Crippen LogP contribution in [0.15, 0.2) is 18.2 Å². The van der Waals surface area contributed by atoms with Crippen LogP contribution in [0.4, 0.5) is 0 Å². The van der Waals surface area contributed by atoms with Crippen LogP contribution in [0.25, 0.3) is 0 Å². The van der Waals surface area contributed by atoms with Gasteiger partial charge in [0.05, 0.1) is 6.61 Å². The first-order chi connectivity index (χ1) is 8.58. The zero-order chi connectivity index (χ0) is 13.5. The molecule has 0 spiro atoms. The SMILES string of the molecule is CCOc1ccc(C)cc1C(C)CCC(N)CC. The molecule has 2 N–H and O–H groups in total. The van der Waals surface area contributed by atoms with E-state index >= 15 is 0 Å². The van der Waals surface area contributed by atoms with Gasteiger partial charge < -0.3 is 10.5 Å². The molecule has 0 aliphatic carbocycles. The molecule has 0 aliphatic rings. The highest BCUT2D eigenvalue weighted by Gasteiger charge is 2.13. The van der Waals surface area contributed by atoms with Crippen LogP contribution in [0.2, 0.25) is 0 Å². The average Bonchev–Trinajstić information content (AvgIpc) is 2.37. The number of hydrogen-bond donors (Lipinski definition) is 1. The summed E-state index contributed by atoms with van der Waals surface area (Å²) in [6.07, 6.45) is 3.26. The molecule has 0 heterocycles. The Morgan fingerprint density at radius 2 is 1.94 bits per heavy atom. The minimum absolute atomic E-state index is 0.327. The van der Waals surface area contributed by atoms with Crippen molar-refractivity contribution in [1.29, 1.82) is 0 Å². The predicted molar refractivity (Wildman–Crippen MR) is 78.3 cm³/mol. The summed E-state index contributed by atoms with van der Waals surface area (Å²) in [5.74, 6) is 1.53. The molecule has 0 aromatic heterocycles. The van der Waals surface area contributed by atoms with Gasteiger partial charge in [-0.3, -0.25) is 0 Å². The van der Waals surface area contributed by atoms with E-state index in [1.807, 2.05) is 6.92 Å². The second-order valence-corrected chi connectivity index (χ2v) is 5.12. The van der Waals surface area contributed by atoms with Gasteiger partial charge in [0.1, 0.15) is 5.75 Å². The molecule has 0 fully saturated rings. The third kappa shape index (κ3) is 4.34. The lowest BCUT2D eigenvalue weighted by molar-refractivity contribution is 0.333. The van der Waals surface area contributed by atoms with Crippen molar-refractivity contribution in [2.45, 2.75) is 58.9 Å². The lowest BCUT2D eigenvalue weighted by Gasteiger charge is -2.18. The van der Waals surface area contributed by atoms with Gasteiger partial charge in [-0.05, 0) is 50.7 Å². The third-order valence-corrected chi connectivity index (χ3v) is 3.49. The van der Waals surface area contributed by atoms with Crippen LogP contribution < -0.4 is 10.5 Å². The van der Waals surface area contributed by atoms with E-state index in [0.717, 1.165) is 31.6 Å². The van der Waals surface area contributed by atoms with E-state index in [1.165, 1.54) is 11.1 Å². The molecule has 2 heteroatoms. The van der Waals surface area contributed by atoms with Crippen LogP contribution in [0.3, 0.4) is 0 Å². The topological polar surface area (TPSA) is 35.2 Å². The molecule has 0 saturated carbocycles. The molecule has 102 valence electrons. The van der Waals surface area contributed by atoms with E-state index in [-0.39, 0.29) is 0 Å². The number of benzene rings is 1. The van der Waals surface area contributed by atoms with Gasteiger partial charge in [-0.1, -0.05) is 31.5 Å². The van der Waals surface area contributed by atoms with Crippen molar-refractivity contribution in [2.24, 2.45) is 5.73 Å². The fraction of sp³-hybridized carbons (Fsp3) is 0.625. The number of rotatable bonds is 7. The van der Waals surface area contributed by atoms with Crippen molar-refractivity contribution in [3.05, 3.63) is 29.3 Å². The number of nitrogens with two attached hydrogens (primary N) is 1. The van der Waals surface area contributed by atoms with Crippen LogP contribution in [0, 0.1) is 6.92 Å². The van der Waals surface area contributed by atoms with E-state index in [9.17, 15) is 0 Å². The van der Waals surface area contributed by atoms with E-state index in [2.05, 4.69) is 39.0 Å². The Balaban J connectivity index is 2.76. The van der Waals surface area contributed by atoms with Crippen LogP contribution in [0.5, 0.6) is 5.75 Å². The molecule has 2 atom stereocenters. The third-order valence-electron chi connectivity index (χ3n) is 3.49. The summed E-state index contributed by atoms with van der Waals surface area (Å²) in [5, 5.41) is 0. The fourth-order valence-corrected chi connectivity index (χ4v) is 2.16. The van der Waals surface area contributed by atoms with E-state index in [1.54, 1.807) is 0 Å². The van der Waals surface area contributed by atoms with Gasteiger partial charge in [0.25, 0.3) is 0 Å². The summed E-state index contributed by atoms with van der Waals surface area (Å²) in [6, 6.07) is 6.77. The number of aryl methyl sites for hydroxylation is 1. The fourth-order valence-electron chi connectivity index (χ4n) is 2.16. The quantitative estimate of drug-likeness (QED) is 0.792. The van der Waals surface area contributed by atoms with Crippen LogP contribution in [0.1, 0.15) is 57.1 Å². The van der Waals surface area contributed by atoms with Crippen molar-refractivity contribution in [2.75, 3.05) is 6.61 Å².